The highest BCUT2D eigenvalue weighted by Crippen LogP contribution is 2.15. The lowest BCUT2D eigenvalue weighted by Crippen LogP contribution is -2.06. The Morgan fingerprint density at radius 2 is 2.10 bits per heavy atom. The number of alkyl halides is 1. The fraction of sp³-hybridized carbons (Fsp3) is 0.778. The molecule has 1 atom stereocenters. The normalized spacial score (nSPS) is 13.1. The lowest BCUT2D eigenvalue weighted by atomic mass is 10.1. The zero-order chi connectivity index (χ0) is 7.98. The predicted molar refractivity (Wildman–Crippen MR) is 47.2 cm³/mol. The van der Waals surface area contributed by atoms with Gasteiger partial charge in [0.1, 0.15) is 0 Å². The molecule has 0 nitrogen and oxygen atoms in total. The molecule has 1 unspecified atom stereocenters. The molecule has 0 aliphatic carbocycles. The Bertz CT molecular complexity index is 110. The van der Waals surface area contributed by atoms with Crippen LogP contribution in [0.15, 0.2) is 0 Å². The van der Waals surface area contributed by atoms with Crippen molar-refractivity contribution in [2.24, 2.45) is 5.92 Å². The van der Waals surface area contributed by atoms with Crippen LogP contribution < -0.4 is 0 Å². The van der Waals surface area contributed by atoms with Gasteiger partial charge in [-0.25, -0.2) is 0 Å². The molecule has 0 aromatic carbocycles. The topological polar surface area (TPSA) is 0 Å². The summed E-state index contributed by atoms with van der Waals surface area (Å²) in [6.45, 7) is 4.26. The number of halogens is 1. The highest BCUT2D eigenvalue weighted by Gasteiger charge is 2.07. The zero-order valence-corrected chi connectivity index (χ0v) is 7.49. The minimum atomic E-state index is 0.299. The molecule has 0 saturated heterocycles. The number of rotatable bonds is 4. The maximum Gasteiger partial charge on any atom is 0.0359 e. The summed E-state index contributed by atoms with van der Waals surface area (Å²) in [6.07, 6.45) is 8.06. The van der Waals surface area contributed by atoms with Gasteiger partial charge in [-0.2, -0.15) is 0 Å². The van der Waals surface area contributed by atoms with Gasteiger partial charge < -0.3 is 0 Å². The van der Waals surface area contributed by atoms with Crippen molar-refractivity contribution in [2.75, 3.05) is 0 Å². The number of hydrogen-bond acceptors (Lipinski definition) is 0. The van der Waals surface area contributed by atoms with E-state index in [1.807, 2.05) is 0 Å². The summed E-state index contributed by atoms with van der Waals surface area (Å²) < 4.78 is 0. The molecule has 0 aromatic rings. The van der Waals surface area contributed by atoms with Crippen LogP contribution in [-0.4, -0.2) is 5.38 Å². The molecule has 0 bridgehead atoms. The third-order valence-electron chi connectivity index (χ3n) is 1.52. The lowest BCUT2D eigenvalue weighted by Gasteiger charge is -2.11. The Hall–Kier alpha value is -0.150. The quantitative estimate of drug-likeness (QED) is 0.335. The van der Waals surface area contributed by atoms with Gasteiger partial charge in [-0.1, -0.05) is 13.8 Å². The average molecular weight is 159 g/mol. The molecule has 0 aliphatic rings. The lowest BCUT2D eigenvalue weighted by molar-refractivity contribution is 0.551. The Morgan fingerprint density at radius 3 is 2.50 bits per heavy atom. The van der Waals surface area contributed by atoms with Gasteiger partial charge in [0.2, 0.25) is 0 Å². The third kappa shape index (κ3) is 4.70. The van der Waals surface area contributed by atoms with E-state index in [0.717, 1.165) is 19.3 Å². The van der Waals surface area contributed by atoms with Gasteiger partial charge in [0, 0.05) is 11.8 Å². The molecular formula is C9H15Cl. The van der Waals surface area contributed by atoms with Crippen molar-refractivity contribution in [2.45, 2.75) is 38.5 Å². The summed E-state index contributed by atoms with van der Waals surface area (Å²) in [4.78, 5) is 0. The van der Waals surface area contributed by atoms with E-state index in [4.69, 9.17) is 18.0 Å². The van der Waals surface area contributed by atoms with Crippen molar-refractivity contribution in [3.05, 3.63) is 0 Å². The maximum atomic E-state index is 5.98. The van der Waals surface area contributed by atoms with E-state index >= 15 is 0 Å². The predicted octanol–water partition coefficient (Wildman–Crippen LogP) is 3.05. The summed E-state index contributed by atoms with van der Waals surface area (Å²) in [5.41, 5.74) is 0. The van der Waals surface area contributed by atoms with Crippen molar-refractivity contribution in [3.8, 4) is 12.3 Å². The van der Waals surface area contributed by atoms with Gasteiger partial charge in [-0.3, -0.25) is 0 Å². The molecule has 58 valence electrons. The first-order chi connectivity index (χ1) is 4.68. The molecule has 0 radical (unpaired) electrons. The number of unbranched alkanes of at least 4 members (excludes halogenated alkanes) is 1. The van der Waals surface area contributed by atoms with E-state index in [1.54, 1.807) is 0 Å². The SMILES string of the molecule is C#CCCCC(Cl)C(C)C. The molecular weight excluding hydrogens is 144 g/mol. The second kappa shape index (κ2) is 5.62. The molecule has 0 fully saturated rings. The van der Waals surface area contributed by atoms with Crippen LogP contribution in [0.25, 0.3) is 0 Å². The van der Waals surface area contributed by atoms with Crippen LogP contribution in [-0.2, 0) is 0 Å². The fourth-order valence-corrected chi connectivity index (χ4v) is 0.887. The Morgan fingerprint density at radius 1 is 1.50 bits per heavy atom. The Labute approximate surface area is 69.0 Å². The van der Waals surface area contributed by atoms with Gasteiger partial charge in [0.05, 0.1) is 0 Å². The van der Waals surface area contributed by atoms with Gasteiger partial charge in [0.25, 0.3) is 0 Å². The Kier molecular flexibility index (Phi) is 5.54. The van der Waals surface area contributed by atoms with Crippen LogP contribution in [0.2, 0.25) is 0 Å². The van der Waals surface area contributed by atoms with Crippen LogP contribution in [0.4, 0.5) is 0 Å². The molecule has 0 heterocycles. The second-order valence-electron chi connectivity index (χ2n) is 2.86. The number of hydrogen-bond donors (Lipinski definition) is 0. The van der Waals surface area contributed by atoms with E-state index in [-0.39, 0.29) is 0 Å². The van der Waals surface area contributed by atoms with Crippen molar-refractivity contribution >= 4 is 11.6 Å². The minimum Gasteiger partial charge on any atom is -0.123 e. The monoisotopic (exact) mass is 158 g/mol. The summed E-state index contributed by atoms with van der Waals surface area (Å²) in [5, 5.41) is 0.299. The van der Waals surface area contributed by atoms with Gasteiger partial charge in [-0.15, -0.1) is 23.9 Å². The van der Waals surface area contributed by atoms with Crippen LogP contribution >= 0.6 is 11.6 Å². The van der Waals surface area contributed by atoms with Crippen LogP contribution in [0.5, 0.6) is 0 Å². The second-order valence-corrected chi connectivity index (χ2v) is 3.42. The highest BCUT2D eigenvalue weighted by atomic mass is 35.5. The molecule has 0 aromatic heterocycles. The van der Waals surface area contributed by atoms with E-state index in [2.05, 4.69) is 19.8 Å². The minimum absolute atomic E-state index is 0.299. The average Bonchev–Trinajstić information content (AvgIpc) is 1.88. The standard InChI is InChI=1S/C9H15Cl/c1-4-5-6-7-9(10)8(2)3/h1,8-9H,5-7H2,2-3H3. The van der Waals surface area contributed by atoms with Crippen LogP contribution in [0.1, 0.15) is 33.1 Å². The number of terminal acetylenes is 1. The summed E-state index contributed by atoms with van der Waals surface area (Å²) in [7, 11) is 0. The molecule has 0 amide bonds. The summed E-state index contributed by atoms with van der Waals surface area (Å²) in [6, 6.07) is 0. The maximum absolute atomic E-state index is 5.98. The fourth-order valence-electron chi connectivity index (χ4n) is 0.732. The van der Waals surface area contributed by atoms with Crippen molar-refractivity contribution in [1.29, 1.82) is 0 Å². The molecule has 0 rings (SSSR count). The van der Waals surface area contributed by atoms with Gasteiger partial charge in [0.15, 0.2) is 0 Å². The highest BCUT2D eigenvalue weighted by molar-refractivity contribution is 6.20. The smallest absolute Gasteiger partial charge is 0.0359 e. The molecule has 0 aliphatic heterocycles. The first-order valence-corrected chi connectivity index (χ1v) is 4.19. The molecule has 10 heavy (non-hydrogen) atoms. The van der Waals surface area contributed by atoms with Crippen molar-refractivity contribution in [1.82, 2.24) is 0 Å². The molecule has 0 saturated carbocycles. The van der Waals surface area contributed by atoms with Crippen molar-refractivity contribution in [3.63, 3.8) is 0 Å². The first kappa shape index (κ1) is 9.85. The van der Waals surface area contributed by atoms with E-state index in [9.17, 15) is 0 Å². The first-order valence-electron chi connectivity index (χ1n) is 3.76. The third-order valence-corrected chi connectivity index (χ3v) is 2.25. The van der Waals surface area contributed by atoms with E-state index < -0.39 is 0 Å². The van der Waals surface area contributed by atoms with Gasteiger partial charge in [-0.05, 0) is 18.8 Å². The largest absolute Gasteiger partial charge is 0.123 e. The van der Waals surface area contributed by atoms with Crippen molar-refractivity contribution < 1.29 is 0 Å². The molecule has 1 heteroatoms. The van der Waals surface area contributed by atoms with Crippen LogP contribution in [0, 0.1) is 18.3 Å². The Balaban J connectivity index is 3.23. The summed E-state index contributed by atoms with van der Waals surface area (Å²) >= 11 is 5.98. The molecule has 0 N–H and O–H groups in total. The van der Waals surface area contributed by atoms with E-state index in [0.29, 0.717) is 11.3 Å². The van der Waals surface area contributed by atoms with E-state index in [1.165, 1.54) is 0 Å². The summed E-state index contributed by atoms with van der Waals surface area (Å²) in [5.74, 6) is 3.17. The van der Waals surface area contributed by atoms with Gasteiger partial charge >= 0.3 is 0 Å². The zero-order valence-electron chi connectivity index (χ0n) is 6.73. The van der Waals surface area contributed by atoms with Crippen LogP contribution in [0.3, 0.4) is 0 Å². The molecule has 0 spiro atoms.